The summed E-state index contributed by atoms with van der Waals surface area (Å²) in [4.78, 5) is 36.7. The van der Waals surface area contributed by atoms with E-state index in [0.29, 0.717) is 25.8 Å². The maximum atomic E-state index is 12.6. The van der Waals surface area contributed by atoms with Crippen LogP contribution >= 0.6 is 0 Å². The molecule has 1 heterocycles. The highest BCUT2D eigenvalue weighted by Gasteiger charge is 2.34. The zero-order chi connectivity index (χ0) is 19.1. The predicted octanol–water partition coefficient (Wildman–Crippen LogP) is 1.52. The van der Waals surface area contributed by atoms with Gasteiger partial charge >= 0.3 is 11.9 Å². The zero-order valence-corrected chi connectivity index (χ0v) is 14.9. The molecule has 1 amide bonds. The Bertz CT molecular complexity index is 634. The van der Waals surface area contributed by atoms with Crippen molar-refractivity contribution in [2.45, 2.75) is 57.2 Å². The molecule has 1 aliphatic rings. The highest BCUT2D eigenvalue weighted by Crippen LogP contribution is 2.21. The number of rotatable bonds is 9. The first-order valence-electron chi connectivity index (χ1n) is 8.93. The van der Waals surface area contributed by atoms with Gasteiger partial charge in [0.1, 0.15) is 6.04 Å². The fourth-order valence-electron chi connectivity index (χ4n) is 3.40. The molecule has 0 spiro atoms. The highest BCUT2D eigenvalue weighted by atomic mass is 16.4. The van der Waals surface area contributed by atoms with Crippen LogP contribution in [0.5, 0.6) is 0 Å². The van der Waals surface area contributed by atoms with Crippen LogP contribution in [0.1, 0.15) is 38.2 Å². The van der Waals surface area contributed by atoms with Gasteiger partial charge in [0.05, 0.1) is 12.5 Å². The molecule has 1 fully saturated rings. The Labute approximate surface area is 153 Å². The van der Waals surface area contributed by atoms with Crippen molar-refractivity contribution in [1.82, 2.24) is 10.2 Å². The van der Waals surface area contributed by atoms with Crippen LogP contribution in [0.25, 0.3) is 0 Å². The number of carboxylic acids is 2. The first-order chi connectivity index (χ1) is 12.4. The van der Waals surface area contributed by atoms with Gasteiger partial charge in [0.25, 0.3) is 0 Å². The van der Waals surface area contributed by atoms with E-state index in [4.69, 9.17) is 5.11 Å². The van der Waals surface area contributed by atoms with E-state index in [1.165, 1.54) is 0 Å². The summed E-state index contributed by atoms with van der Waals surface area (Å²) in [6.07, 6.45) is 2.33. The van der Waals surface area contributed by atoms with E-state index in [9.17, 15) is 19.5 Å². The summed E-state index contributed by atoms with van der Waals surface area (Å²) in [7, 11) is 0. The predicted molar refractivity (Wildman–Crippen MR) is 95.8 cm³/mol. The molecular weight excluding hydrogens is 336 g/mol. The van der Waals surface area contributed by atoms with Crippen LogP contribution in [-0.2, 0) is 20.8 Å². The summed E-state index contributed by atoms with van der Waals surface area (Å²) in [5.74, 6) is -2.16. The Balaban J connectivity index is 1.93. The lowest BCUT2D eigenvalue weighted by atomic mass is 10.0. The number of hydrogen-bond donors (Lipinski definition) is 3. The fourth-order valence-corrected chi connectivity index (χ4v) is 3.40. The third-order valence-electron chi connectivity index (χ3n) is 4.75. The van der Waals surface area contributed by atoms with E-state index in [1.54, 1.807) is 11.8 Å². The molecule has 0 bridgehead atoms. The monoisotopic (exact) mass is 362 g/mol. The number of aliphatic carboxylic acids is 2. The minimum atomic E-state index is -0.996. The van der Waals surface area contributed by atoms with Crippen LogP contribution in [0.4, 0.5) is 0 Å². The molecule has 1 aromatic rings. The molecule has 2 rings (SSSR count). The van der Waals surface area contributed by atoms with E-state index in [2.05, 4.69) is 5.32 Å². The van der Waals surface area contributed by atoms with Gasteiger partial charge in [-0.2, -0.15) is 0 Å². The number of benzene rings is 1. The lowest BCUT2D eigenvalue weighted by Crippen LogP contribution is -2.52. The summed E-state index contributed by atoms with van der Waals surface area (Å²) in [6.45, 7) is 2.15. The summed E-state index contributed by atoms with van der Waals surface area (Å²) in [5, 5.41) is 21.3. The van der Waals surface area contributed by atoms with Crippen molar-refractivity contribution in [3.63, 3.8) is 0 Å². The topological polar surface area (TPSA) is 107 Å². The first-order valence-corrected chi connectivity index (χ1v) is 8.93. The van der Waals surface area contributed by atoms with Crippen LogP contribution in [0, 0.1) is 0 Å². The van der Waals surface area contributed by atoms with Crippen molar-refractivity contribution in [1.29, 1.82) is 0 Å². The Morgan fingerprint density at radius 1 is 1.23 bits per heavy atom. The zero-order valence-electron chi connectivity index (χ0n) is 14.9. The second-order valence-corrected chi connectivity index (χ2v) is 6.73. The number of carboxylic acid groups (broad SMARTS) is 2. The van der Waals surface area contributed by atoms with Gasteiger partial charge in [-0.25, -0.2) is 0 Å². The molecule has 1 aliphatic heterocycles. The largest absolute Gasteiger partial charge is 0.481 e. The number of carbonyl (C=O) groups is 3. The standard InChI is InChI=1S/C19H26N2O5/c1-13(18(24)21-11-5-8-15(21)12-17(22)23)20-16(19(25)26)10-9-14-6-3-2-4-7-14/h2-4,6-7,13,15-16,20H,5,8-12H2,1H3,(H,22,23)(H,25,26)/t13?,15-,16-/m0/s1. The molecule has 3 atom stereocenters. The lowest BCUT2D eigenvalue weighted by Gasteiger charge is -2.28. The van der Waals surface area contributed by atoms with Crippen molar-refractivity contribution in [3.05, 3.63) is 35.9 Å². The third kappa shape index (κ3) is 5.56. The van der Waals surface area contributed by atoms with Crippen molar-refractivity contribution < 1.29 is 24.6 Å². The summed E-state index contributed by atoms with van der Waals surface area (Å²) >= 11 is 0. The maximum absolute atomic E-state index is 12.6. The molecule has 26 heavy (non-hydrogen) atoms. The van der Waals surface area contributed by atoms with Gasteiger partial charge in [-0.15, -0.1) is 0 Å². The number of nitrogens with one attached hydrogen (secondary N) is 1. The van der Waals surface area contributed by atoms with Crippen molar-refractivity contribution in [3.8, 4) is 0 Å². The molecule has 7 heteroatoms. The average Bonchev–Trinajstić information content (AvgIpc) is 3.05. The molecule has 0 saturated carbocycles. The van der Waals surface area contributed by atoms with Crippen LogP contribution in [0.3, 0.4) is 0 Å². The number of nitrogens with zero attached hydrogens (tertiary/aromatic N) is 1. The van der Waals surface area contributed by atoms with E-state index >= 15 is 0 Å². The number of aryl methyl sites for hydroxylation is 1. The van der Waals surface area contributed by atoms with Crippen LogP contribution < -0.4 is 5.32 Å². The van der Waals surface area contributed by atoms with Crippen LogP contribution in [-0.4, -0.2) is 57.6 Å². The maximum Gasteiger partial charge on any atom is 0.320 e. The van der Waals surface area contributed by atoms with Gasteiger partial charge in [0.2, 0.25) is 5.91 Å². The molecule has 7 nitrogen and oxygen atoms in total. The Kier molecular flexibility index (Phi) is 7.15. The van der Waals surface area contributed by atoms with E-state index < -0.39 is 24.0 Å². The van der Waals surface area contributed by atoms with E-state index in [-0.39, 0.29) is 18.4 Å². The third-order valence-corrected chi connectivity index (χ3v) is 4.75. The van der Waals surface area contributed by atoms with Gasteiger partial charge in [-0.3, -0.25) is 19.7 Å². The first kappa shape index (κ1) is 19.9. The quantitative estimate of drug-likeness (QED) is 0.615. The van der Waals surface area contributed by atoms with Gasteiger partial charge in [0, 0.05) is 12.6 Å². The molecular formula is C19H26N2O5. The molecule has 0 aromatic heterocycles. The smallest absolute Gasteiger partial charge is 0.320 e. The Hall–Kier alpha value is -2.41. The summed E-state index contributed by atoms with van der Waals surface area (Å²) in [6, 6.07) is 7.76. The van der Waals surface area contributed by atoms with Crippen LogP contribution in [0.2, 0.25) is 0 Å². The van der Waals surface area contributed by atoms with Gasteiger partial charge in [0.15, 0.2) is 0 Å². The molecule has 1 saturated heterocycles. The lowest BCUT2D eigenvalue weighted by molar-refractivity contribution is -0.141. The SMILES string of the molecule is CC(N[C@@H](CCc1ccccc1)C(=O)O)C(=O)N1CCC[C@H]1CC(=O)O. The summed E-state index contributed by atoms with van der Waals surface area (Å²) in [5.41, 5.74) is 1.04. The van der Waals surface area contributed by atoms with E-state index in [1.807, 2.05) is 30.3 Å². The fraction of sp³-hybridized carbons (Fsp3) is 0.526. The Morgan fingerprint density at radius 2 is 1.92 bits per heavy atom. The number of carbonyl (C=O) groups excluding carboxylic acids is 1. The normalized spacial score (nSPS) is 19.1. The number of hydrogen-bond acceptors (Lipinski definition) is 4. The Morgan fingerprint density at radius 3 is 2.54 bits per heavy atom. The minimum absolute atomic E-state index is 0.0746. The number of likely N-dealkylation sites (tertiary alicyclic amines) is 1. The second kappa shape index (κ2) is 9.33. The molecule has 3 N–H and O–H groups in total. The summed E-state index contributed by atoms with van der Waals surface area (Å²) < 4.78 is 0. The van der Waals surface area contributed by atoms with Gasteiger partial charge in [-0.05, 0) is 38.2 Å². The molecule has 142 valence electrons. The van der Waals surface area contributed by atoms with Gasteiger partial charge in [-0.1, -0.05) is 30.3 Å². The molecule has 0 aliphatic carbocycles. The molecule has 1 aromatic carbocycles. The second-order valence-electron chi connectivity index (χ2n) is 6.73. The molecule has 1 unspecified atom stereocenters. The minimum Gasteiger partial charge on any atom is -0.481 e. The van der Waals surface area contributed by atoms with Gasteiger partial charge < -0.3 is 15.1 Å². The van der Waals surface area contributed by atoms with Crippen molar-refractivity contribution in [2.75, 3.05) is 6.54 Å². The highest BCUT2D eigenvalue weighted by molar-refractivity contribution is 5.84. The molecule has 0 radical (unpaired) electrons. The average molecular weight is 362 g/mol. The van der Waals surface area contributed by atoms with Crippen molar-refractivity contribution in [2.24, 2.45) is 0 Å². The van der Waals surface area contributed by atoms with E-state index in [0.717, 1.165) is 12.0 Å². The number of amides is 1. The van der Waals surface area contributed by atoms with Crippen LogP contribution in [0.15, 0.2) is 30.3 Å². The van der Waals surface area contributed by atoms with Crippen molar-refractivity contribution >= 4 is 17.8 Å².